The van der Waals surface area contributed by atoms with Crippen LogP contribution in [0.4, 0.5) is 5.95 Å². The second-order valence-corrected chi connectivity index (χ2v) is 5.64. The summed E-state index contributed by atoms with van der Waals surface area (Å²) >= 11 is 0. The van der Waals surface area contributed by atoms with Gasteiger partial charge in [0.1, 0.15) is 0 Å². The SMILES string of the molecule is Cc1cc(OC(C)C)nc(NCC2CCN(C)C2)n1. The maximum atomic E-state index is 5.63. The van der Waals surface area contributed by atoms with Crippen molar-refractivity contribution in [1.29, 1.82) is 0 Å². The Balaban J connectivity index is 1.94. The number of nitrogens with one attached hydrogen (secondary N) is 1. The Bertz CT molecular complexity index is 422. The Labute approximate surface area is 115 Å². The average Bonchev–Trinajstić information content (AvgIpc) is 2.71. The van der Waals surface area contributed by atoms with E-state index in [1.54, 1.807) is 0 Å². The average molecular weight is 264 g/mol. The van der Waals surface area contributed by atoms with E-state index in [0.717, 1.165) is 18.8 Å². The van der Waals surface area contributed by atoms with Gasteiger partial charge in [0.05, 0.1) is 6.10 Å². The largest absolute Gasteiger partial charge is 0.475 e. The standard InChI is InChI=1S/C14H24N4O/c1-10(2)19-13-7-11(3)16-14(17-13)15-8-12-5-6-18(4)9-12/h7,10,12H,5-6,8-9H2,1-4H3,(H,15,16,17). The van der Waals surface area contributed by atoms with E-state index in [2.05, 4.69) is 27.2 Å². The van der Waals surface area contributed by atoms with Gasteiger partial charge in [-0.3, -0.25) is 0 Å². The lowest BCUT2D eigenvalue weighted by molar-refractivity contribution is 0.232. The number of aromatic nitrogens is 2. The second-order valence-electron chi connectivity index (χ2n) is 5.64. The first-order valence-corrected chi connectivity index (χ1v) is 6.97. The predicted octanol–water partition coefficient (Wildman–Crippen LogP) is 1.94. The Morgan fingerprint density at radius 3 is 2.89 bits per heavy atom. The zero-order valence-electron chi connectivity index (χ0n) is 12.3. The van der Waals surface area contributed by atoms with Gasteiger partial charge in [-0.25, -0.2) is 4.98 Å². The van der Waals surface area contributed by atoms with Crippen LogP contribution < -0.4 is 10.1 Å². The van der Waals surface area contributed by atoms with Gasteiger partial charge in [0.25, 0.3) is 0 Å². The third kappa shape index (κ3) is 4.35. The van der Waals surface area contributed by atoms with Crippen molar-refractivity contribution in [3.63, 3.8) is 0 Å². The predicted molar refractivity (Wildman–Crippen MR) is 76.6 cm³/mol. The lowest BCUT2D eigenvalue weighted by Crippen LogP contribution is -2.20. The minimum atomic E-state index is 0.130. The molecule has 0 amide bonds. The quantitative estimate of drug-likeness (QED) is 0.880. The molecule has 0 bridgehead atoms. The summed E-state index contributed by atoms with van der Waals surface area (Å²) < 4.78 is 5.63. The molecular formula is C14H24N4O. The van der Waals surface area contributed by atoms with Crippen LogP contribution in [-0.2, 0) is 0 Å². The van der Waals surface area contributed by atoms with Crippen LogP contribution in [0.25, 0.3) is 0 Å². The Morgan fingerprint density at radius 1 is 1.47 bits per heavy atom. The summed E-state index contributed by atoms with van der Waals surface area (Å²) in [5.74, 6) is 2.00. The van der Waals surface area contributed by atoms with E-state index in [9.17, 15) is 0 Å². The molecule has 1 fully saturated rings. The van der Waals surface area contributed by atoms with Crippen LogP contribution in [0.15, 0.2) is 6.07 Å². The molecule has 5 heteroatoms. The monoisotopic (exact) mass is 264 g/mol. The van der Waals surface area contributed by atoms with Crippen LogP contribution in [0, 0.1) is 12.8 Å². The molecule has 1 aromatic rings. The molecule has 1 saturated heterocycles. The molecule has 19 heavy (non-hydrogen) atoms. The molecule has 1 N–H and O–H groups in total. The van der Waals surface area contributed by atoms with Gasteiger partial charge in [0, 0.05) is 24.8 Å². The lowest BCUT2D eigenvalue weighted by atomic mass is 10.1. The van der Waals surface area contributed by atoms with E-state index in [0.29, 0.717) is 17.7 Å². The second kappa shape index (κ2) is 6.19. The highest BCUT2D eigenvalue weighted by molar-refractivity contribution is 5.30. The highest BCUT2D eigenvalue weighted by Gasteiger charge is 2.19. The molecule has 1 unspecified atom stereocenters. The molecule has 0 spiro atoms. The summed E-state index contributed by atoms with van der Waals surface area (Å²) in [6.45, 7) is 9.22. The molecule has 2 heterocycles. The van der Waals surface area contributed by atoms with Gasteiger partial charge >= 0.3 is 0 Å². The molecule has 1 atom stereocenters. The van der Waals surface area contributed by atoms with Crippen molar-refractivity contribution in [3.8, 4) is 5.88 Å². The minimum Gasteiger partial charge on any atom is -0.475 e. The molecule has 0 aliphatic carbocycles. The topological polar surface area (TPSA) is 50.3 Å². The van der Waals surface area contributed by atoms with Gasteiger partial charge in [0.2, 0.25) is 11.8 Å². The van der Waals surface area contributed by atoms with E-state index in [-0.39, 0.29) is 6.10 Å². The van der Waals surface area contributed by atoms with Gasteiger partial charge in [-0.1, -0.05) is 0 Å². The number of hydrogen-bond acceptors (Lipinski definition) is 5. The van der Waals surface area contributed by atoms with Crippen molar-refractivity contribution < 1.29 is 4.74 Å². The van der Waals surface area contributed by atoms with E-state index >= 15 is 0 Å². The van der Waals surface area contributed by atoms with E-state index < -0.39 is 0 Å². The van der Waals surface area contributed by atoms with E-state index in [1.165, 1.54) is 13.0 Å². The lowest BCUT2D eigenvalue weighted by Gasteiger charge is -2.14. The number of hydrogen-bond donors (Lipinski definition) is 1. The third-order valence-electron chi connectivity index (χ3n) is 3.22. The fourth-order valence-electron chi connectivity index (χ4n) is 2.35. The van der Waals surface area contributed by atoms with Crippen LogP contribution in [-0.4, -0.2) is 47.7 Å². The first kappa shape index (κ1) is 14.1. The van der Waals surface area contributed by atoms with Crippen molar-refractivity contribution in [2.45, 2.75) is 33.3 Å². The minimum absolute atomic E-state index is 0.130. The normalized spacial score (nSPS) is 19.9. The highest BCUT2D eigenvalue weighted by Crippen LogP contribution is 2.17. The summed E-state index contributed by atoms with van der Waals surface area (Å²) in [6, 6.07) is 1.87. The summed E-state index contributed by atoms with van der Waals surface area (Å²) in [6.07, 6.45) is 1.37. The van der Waals surface area contributed by atoms with Crippen LogP contribution >= 0.6 is 0 Å². The molecule has 106 valence electrons. The van der Waals surface area contributed by atoms with Crippen LogP contribution in [0.3, 0.4) is 0 Å². The van der Waals surface area contributed by atoms with Crippen molar-refractivity contribution in [2.24, 2.45) is 5.92 Å². The fraction of sp³-hybridized carbons (Fsp3) is 0.714. The maximum absolute atomic E-state index is 5.63. The Morgan fingerprint density at radius 2 is 2.26 bits per heavy atom. The number of rotatable bonds is 5. The number of anilines is 1. The molecular weight excluding hydrogens is 240 g/mol. The summed E-state index contributed by atoms with van der Waals surface area (Å²) in [5.41, 5.74) is 0.927. The number of likely N-dealkylation sites (tertiary alicyclic amines) is 1. The summed E-state index contributed by atoms with van der Waals surface area (Å²) in [7, 11) is 2.16. The molecule has 1 aliphatic rings. The zero-order valence-corrected chi connectivity index (χ0v) is 12.3. The first-order valence-electron chi connectivity index (χ1n) is 6.97. The maximum Gasteiger partial charge on any atom is 0.226 e. The number of nitrogens with zero attached hydrogens (tertiary/aromatic N) is 3. The molecule has 1 aliphatic heterocycles. The van der Waals surface area contributed by atoms with Gasteiger partial charge in [-0.05, 0) is 46.7 Å². The molecule has 1 aromatic heterocycles. The highest BCUT2D eigenvalue weighted by atomic mass is 16.5. The zero-order chi connectivity index (χ0) is 13.8. The third-order valence-corrected chi connectivity index (χ3v) is 3.22. The number of aryl methyl sites for hydroxylation is 1. The smallest absolute Gasteiger partial charge is 0.226 e. The summed E-state index contributed by atoms with van der Waals surface area (Å²) in [4.78, 5) is 11.2. The first-order chi connectivity index (χ1) is 9.02. The van der Waals surface area contributed by atoms with E-state index in [1.807, 2.05) is 26.8 Å². The molecule has 0 saturated carbocycles. The molecule has 0 radical (unpaired) electrons. The Kier molecular flexibility index (Phi) is 4.58. The Hall–Kier alpha value is -1.36. The van der Waals surface area contributed by atoms with Gasteiger partial charge < -0.3 is 15.0 Å². The molecule has 2 rings (SSSR count). The van der Waals surface area contributed by atoms with E-state index in [4.69, 9.17) is 4.74 Å². The van der Waals surface area contributed by atoms with Crippen LogP contribution in [0.1, 0.15) is 26.0 Å². The number of ether oxygens (including phenoxy) is 1. The van der Waals surface area contributed by atoms with Crippen molar-refractivity contribution in [2.75, 3.05) is 32.0 Å². The van der Waals surface area contributed by atoms with Crippen molar-refractivity contribution in [3.05, 3.63) is 11.8 Å². The van der Waals surface area contributed by atoms with Crippen molar-refractivity contribution >= 4 is 5.95 Å². The summed E-state index contributed by atoms with van der Waals surface area (Å²) in [5, 5.41) is 3.33. The fourth-order valence-corrected chi connectivity index (χ4v) is 2.35. The van der Waals surface area contributed by atoms with Gasteiger partial charge in [0.15, 0.2) is 0 Å². The van der Waals surface area contributed by atoms with Crippen molar-refractivity contribution in [1.82, 2.24) is 14.9 Å². The molecule has 0 aromatic carbocycles. The van der Waals surface area contributed by atoms with Gasteiger partial charge in [-0.15, -0.1) is 0 Å². The van der Waals surface area contributed by atoms with Crippen LogP contribution in [0.2, 0.25) is 0 Å². The van der Waals surface area contributed by atoms with Gasteiger partial charge in [-0.2, -0.15) is 4.98 Å². The molecule has 5 nitrogen and oxygen atoms in total. The van der Waals surface area contributed by atoms with Crippen LogP contribution in [0.5, 0.6) is 5.88 Å².